The number of amides is 2. The molecule has 5 nitrogen and oxygen atoms in total. The van der Waals surface area contributed by atoms with E-state index in [0.29, 0.717) is 12.0 Å². The number of hydrogen-bond donors (Lipinski definition) is 2. The van der Waals surface area contributed by atoms with Gasteiger partial charge < -0.3 is 16.0 Å². The first kappa shape index (κ1) is 14.8. The van der Waals surface area contributed by atoms with Crippen molar-refractivity contribution in [1.29, 1.82) is 0 Å². The van der Waals surface area contributed by atoms with Crippen LogP contribution in [0.4, 0.5) is 0 Å². The fourth-order valence-electron chi connectivity index (χ4n) is 4.48. The number of hydrogen-bond acceptors (Lipinski definition) is 3. The van der Waals surface area contributed by atoms with Gasteiger partial charge in [0.25, 0.3) is 0 Å². The lowest BCUT2D eigenvalue weighted by Crippen LogP contribution is -2.51. The lowest BCUT2D eigenvalue weighted by molar-refractivity contribution is -0.139. The number of carbonyl (C=O) groups is 2. The highest BCUT2D eigenvalue weighted by atomic mass is 16.2. The van der Waals surface area contributed by atoms with E-state index in [1.54, 1.807) is 4.90 Å². The number of rotatable bonds is 4. The molecule has 2 saturated carbocycles. The molecule has 3 unspecified atom stereocenters. The third kappa shape index (κ3) is 3.23. The van der Waals surface area contributed by atoms with Crippen LogP contribution in [0, 0.1) is 5.92 Å². The molecule has 1 saturated heterocycles. The summed E-state index contributed by atoms with van der Waals surface area (Å²) in [5, 5.41) is 3.53. The number of primary amides is 1. The normalized spacial score (nSPS) is 32.9. The highest BCUT2D eigenvalue weighted by Crippen LogP contribution is 2.34. The number of carbonyl (C=O) groups excluding carboxylic acids is 2. The Labute approximate surface area is 126 Å². The maximum Gasteiger partial charge on any atom is 0.240 e. The number of fused-ring (bicyclic) bond motifs is 1. The SMILES string of the molecule is NC(=O)CN(C(=O)C1CC2CCCCC2N1)C1CCCC1. The van der Waals surface area contributed by atoms with Crippen molar-refractivity contribution in [3.63, 3.8) is 0 Å². The van der Waals surface area contributed by atoms with Gasteiger partial charge in [0, 0.05) is 12.1 Å². The molecule has 0 aromatic heterocycles. The highest BCUT2D eigenvalue weighted by Gasteiger charge is 2.41. The van der Waals surface area contributed by atoms with Crippen molar-refractivity contribution in [3.8, 4) is 0 Å². The molecule has 0 bridgehead atoms. The average Bonchev–Trinajstić information content (AvgIpc) is 3.12. The number of nitrogens with zero attached hydrogens (tertiary/aromatic N) is 1. The maximum absolute atomic E-state index is 12.9. The minimum absolute atomic E-state index is 0.0804. The third-order valence-electron chi connectivity index (χ3n) is 5.54. The van der Waals surface area contributed by atoms with Crippen LogP contribution in [0.3, 0.4) is 0 Å². The summed E-state index contributed by atoms with van der Waals surface area (Å²) in [7, 11) is 0. The summed E-state index contributed by atoms with van der Waals surface area (Å²) in [5.41, 5.74) is 5.36. The van der Waals surface area contributed by atoms with E-state index in [4.69, 9.17) is 5.73 Å². The lowest BCUT2D eigenvalue weighted by Gasteiger charge is -2.30. The van der Waals surface area contributed by atoms with E-state index in [-0.39, 0.29) is 24.5 Å². The summed E-state index contributed by atoms with van der Waals surface area (Å²) < 4.78 is 0. The van der Waals surface area contributed by atoms with Crippen molar-refractivity contribution >= 4 is 11.8 Å². The first-order chi connectivity index (χ1) is 10.1. The molecular formula is C16H27N3O2. The van der Waals surface area contributed by atoms with Crippen LogP contribution in [0.2, 0.25) is 0 Å². The summed E-state index contributed by atoms with van der Waals surface area (Å²) in [6.07, 6.45) is 10.2. The average molecular weight is 293 g/mol. The molecule has 0 radical (unpaired) electrons. The lowest BCUT2D eigenvalue weighted by atomic mass is 9.85. The summed E-state index contributed by atoms with van der Waals surface area (Å²) >= 11 is 0. The fourth-order valence-corrected chi connectivity index (χ4v) is 4.48. The van der Waals surface area contributed by atoms with Crippen LogP contribution in [0.1, 0.15) is 57.8 Å². The largest absolute Gasteiger partial charge is 0.368 e. The standard InChI is InChI=1S/C16H27N3O2/c17-15(20)10-19(12-6-2-3-7-12)16(21)14-9-11-5-1-4-8-13(11)18-14/h11-14,18H,1-10H2,(H2,17,20). The smallest absolute Gasteiger partial charge is 0.240 e. The van der Waals surface area contributed by atoms with E-state index >= 15 is 0 Å². The van der Waals surface area contributed by atoms with Crippen molar-refractivity contribution in [2.24, 2.45) is 11.7 Å². The molecular weight excluding hydrogens is 266 g/mol. The Bertz CT molecular complexity index is 392. The molecule has 3 atom stereocenters. The zero-order valence-corrected chi connectivity index (χ0v) is 12.7. The van der Waals surface area contributed by atoms with Gasteiger partial charge in [-0.15, -0.1) is 0 Å². The van der Waals surface area contributed by atoms with E-state index in [0.717, 1.165) is 32.1 Å². The fraction of sp³-hybridized carbons (Fsp3) is 0.875. The highest BCUT2D eigenvalue weighted by molar-refractivity contribution is 5.87. The van der Waals surface area contributed by atoms with Crippen LogP contribution in [-0.4, -0.2) is 41.4 Å². The van der Waals surface area contributed by atoms with Gasteiger partial charge in [0.05, 0.1) is 12.6 Å². The van der Waals surface area contributed by atoms with Crippen LogP contribution in [0.5, 0.6) is 0 Å². The molecule has 3 aliphatic rings. The summed E-state index contributed by atoms with van der Waals surface area (Å²) in [5.74, 6) is 0.354. The van der Waals surface area contributed by atoms with Gasteiger partial charge in [-0.3, -0.25) is 9.59 Å². The van der Waals surface area contributed by atoms with Gasteiger partial charge in [0.2, 0.25) is 11.8 Å². The van der Waals surface area contributed by atoms with Crippen molar-refractivity contribution in [2.75, 3.05) is 6.54 Å². The van der Waals surface area contributed by atoms with E-state index in [9.17, 15) is 9.59 Å². The summed E-state index contributed by atoms with van der Waals surface area (Å²) in [6, 6.07) is 0.624. The summed E-state index contributed by atoms with van der Waals surface area (Å²) in [6.45, 7) is 0.0804. The van der Waals surface area contributed by atoms with E-state index in [2.05, 4.69) is 5.32 Å². The third-order valence-corrected chi connectivity index (χ3v) is 5.54. The molecule has 3 N–H and O–H groups in total. The zero-order valence-electron chi connectivity index (χ0n) is 12.7. The molecule has 0 aromatic rings. The van der Waals surface area contributed by atoms with Crippen molar-refractivity contribution in [2.45, 2.75) is 75.9 Å². The Morgan fingerprint density at radius 3 is 2.38 bits per heavy atom. The molecule has 21 heavy (non-hydrogen) atoms. The molecule has 1 aliphatic heterocycles. The first-order valence-corrected chi connectivity index (χ1v) is 8.50. The van der Waals surface area contributed by atoms with Gasteiger partial charge in [0.15, 0.2) is 0 Å². The molecule has 0 aromatic carbocycles. The number of nitrogens with two attached hydrogens (primary N) is 1. The molecule has 2 aliphatic carbocycles. The Morgan fingerprint density at radius 1 is 1.05 bits per heavy atom. The molecule has 3 rings (SSSR count). The van der Waals surface area contributed by atoms with Crippen LogP contribution in [0.25, 0.3) is 0 Å². The molecule has 118 valence electrons. The molecule has 5 heteroatoms. The molecule has 1 heterocycles. The molecule has 0 spiro atoms. The minimum atomic E-state index is -0.398. The van der Waals surface area contributed by atoms with Gasteiger partial charge in [-0.05, 0) is 38.0 Å². The van der Waals surface area contributed by atoms with Gasteiger partial charge in [-0.25, -0.2) is 0 Å². The van der Waals surface area contributed by atoms with Crippen molar-refractivity contribution < 1.29 is 9.59 Å². The Balaban J connectivity index is 1.67. The van der Waals surface area contributed by atoms with Gasteiger partial charge >= 0.3 is 0 Å². The van der Waals surface area contributed by atoms with E-state index in [1.807, 2.05) is 0 Å². The monoisotopic (exact) mass is 293 g/mol. The predicted molar refractivity (Wildman–Crippen MR) is 80.5 cm³/mol. The predicted octanol–water partition coefficient (Wildman–Crippen LogP) is 1.16. The van der Waals surface area contributed by atoms with Crippen LogP contribution in [0.15, 0.2) is 0 Å². The second-order valence-corrected chi connectivity index (χ2v) is 6.98. The number of nitrogens with one attached hydrogen (secondary N) is 1. The Morgan fingerprint density at radius 2 is 1.71 bits per heavy atom. The zero-order chi connectivity index (χ0) is 14.8. The van der Waals surface area contributed by atoms with E-state index in [1.165, 1.54) is 25.7 Å². The second kappa shape index (κ2) is 6.34. The Hall–Kier alpha value is -1.10. The van der Waals surface area contributed by atoms with E-state index < -0.39 is 5.91 Å². The minimum Gasteiger partial charge on any atom is -0.368 e. The summed E-state index contributed by atoms with van der Waals surface area (Å²) in [4.78, 5) is 26.0. The first-order valence-electron chi connectivity index (χ1n) is 8.50. The Kier molecular flexibility index (Phi) is 4.48. The van der Waals surface area contributed by atoms with Crippen LogP contribution >= 0.6 is 0 Å². The van der Waals surface area contributed by atoms with Gasteiger partial charge in [-0.2, -0.15) is 0 Å². The molecule has 2 amide bonds. The van der Waals surface area contributed by atoms with Gasteiger partial charge in [-0.1, -0.05) is 25.7 Å². The van der Waals surface area contributed by atoms with Crippen molar-refractivity contribution in [1.82, 2.24) is 10.2 Å². The maximum atomic E-state index is 12.9. The van der Waals surface area contributed by atoms with Crippen molar-refractivity contribution in [3.05, 3.63) is 0 Å². The van der Waals surface area contributed by atoms with Crippen LogP contribution in [-0.2, 0) is 9.59 Å². The molecule has 3 fully saturated rings. The second-order valence-electron chi connectivity index (χ2n) is 6.98. The van der Waals surface area contributed by atoms with Crippen LogP contribution < -0.4 is 11.1 Å². The quantitative estimate of drug-likeness (QED) is 0.817. The van der Waals surface area contributed by atoms with Gasteiger partial charge in [0.1, 0.15) is 0 Å². The topological polar surface area (TPSA) is 75.4 Å².